The van der Waals surface area contributed by atoms with E-state index >= 15 is 0 Å². The fourth-order valence-corrected chi connectivity index (χ4v) is 2.83. The summed E-state index contributed by atoms with van der Waals surface area (Å²) in [6, 6.07) is 0.489. The molecule has 0 spiro atoms. The van der Waals surface area contributed by atoms with E-state index in [2.05, 4.69) is 24.3 Å². The number of rotatable bonds is 4. The molecule has 3 atom stereocenters. The quantitative estimate of drug-likeness (QED) is 0.874. The van der Waals surface area contributed by atoms with Crippen LogP contribution in [0.3, 0.4) is 0 Å². The first-order valence-electron chi connectivity index (χ1n) is 6.96. The number of hydrogen-bond donors (Lipinski definition) is 2. The summed E-state index contributed by atoms with van der Waals surface area (Å²) in [7, 11) is 1.79. The second kappa shape index (κ2) is 5.74. The van der Waals surface area contributed by atoms with Crippen molar-refractivity contribution in [2.75, 3.05) is 0 Å². The van der Waals surface area contributed by atoms with Crippen molar-refractivity contribution < 1.29 is 9.90 Å². The molecule has 1 fully saturated rings. The maximum atomic E-state index is 11.1. The summed E-state index contributed by atoms with van der Waals surface area (Å²) < 4.78 is 1.64. The number of carboxylic acid groups (broad SMARTS) is 1. The van der Waals surface area contributed by atoms with Crippen molar-refractivity contribution in [2.45, 2.75) is 45.7 Å². The van der Waals surface area contributed by atoms with E-state index in [0.717, 1.165) is 17.5 Å². The minimum atomic E-state index is -0.907. The summed E-state index contributed by atoms with van der Waals surface area (Å²) in [6.45, 7) is 5.18. The monoisotopic (exact) mass is 265 g/mol. The van der Waals surface area contributed by atoms with E-state index in [-0.39, 0.29) is 0 Å². The minimum absolute atomic E-state index is 0.298. The van der Waals surface area contributed by atoms with Crippen molar-refractivity contribution in [1.82, 2.24) is 15.1 Å². The van der Waals surface area contributed by atoms with Crippen LogP contribution in [0.15, 0.2) is 6.20 Å². The van der Waals surface area contributed by atoms with Crippen molar-refractivity contribution in [3.8, 4) is 0 Å². The third-order valence-electron chi connectivity index (χ3n) is 4.45. The van der Waals surface area contributed by atoms with Gasteiger partial charge in [-0.25, -0.2) is 4.79 Å². The maximum Gasteiger partial charge on any atom is 0.339 e. The van der Waals surface area contributed by atoms with Crippen LogP contribution in [0.1, 0.15) is 49.2 Å². The molecule has 5 nitrogen and oxygen atoms in total. The second-order valence-electron chi connectivity index (χ2n) is 5.78. The molecule has 3 unspecified atom stereocenters. The molecule has 1 aliphatic rings. The Labute approximate surface area is 114 Å². The van der Waals surface area contributed by atoms with Gasteiger partial charge in [-0.3, -0.25) is 4.68 Å². The van der Waals surface area contributed by atoms with E-state index in [1.165, 1.54) is 25.5 Å². The topological polar surface area (TPSA) is 67.2 Å². The molecule has 0 radical (unpaired) electrons. The smallest absolute Gasteiger partial charge is 0.339 e. The molecule has 1 saturated carbocycles. The molecule has 1 aromatic rings. The zero-order valence-electron chi connectivity index (χ0n) is 11.9. The van der Waals surface area contributed by atoms with Crippen molar-refractivity contribution in [3.05, 3.63) is 17.5 Å². The Kier molecular flexibility index (Phi) is 4.24. The summed E-state index contributed by atoms with van der Waals surface area (Å²) in [4.78, 5) is 11.1. The first-order valence-corrected chi connectivity index (χ1v) is 6.96. The lowest BCUT2D eigenvalue weighted by atomic mass is 9.79. The maximum absolute atomic E-state index is 11.1. The summed E-state index contributed by atoms with van der Waals surface area (Å²) in [6.07, 6.45) is 5.01. The molecule has 1 aromatic heterocycles. The molecule has 0 saturated heterocycles. The molecule has 2 rings (SSSR count). The van der Waals surface area contributed by atoms with Gasteiger partial charge in [0.2, 0.25) is 0 Å². The number of aromatic nitrogens is 2. The zero-order valence-corrected chi connectivity index (χ0v) is 11.9. The molecule has 1 heterocycles. The summed E-state index contributed by atoms with van der Waals surface area (Å²) in [5.74, 6) is 0.622. The summed E-state index contributed by atoms with van der Waals surface area (Å²) in [5, 5.41) is 16.6. The van der Waals surface area contributed by atoms with Gasteiger partial charge in [0.25, 0.3) is 0 Å². The van der Waals surface area contributed by atoms with Gasteiger partial charge in [0, 0.05) is 19.6 Å². The molecule has 0 aliphatic heterocycles. The fraction of sp³-hybridized carbons (Fsp3) is 0.714. The van der Waals surface area contributed by atoms with Crippen molar-refractivity contribution in [2.24, 2.45) is 18.9 Å². The first kappa shape index (κ1) is 14.1. The molecular formula is C14H23N3O2. The van der Waals surface area contributed by atoms with Gasteiger partial charge >= 0.3 is 5.97 Å². The van der Waals surface area contributed by atoms with E-state index in [0.29, 0.717) is 18.2 Å². The van der Waals surface area contributed by atoms with Gasteiger partial charge in [-0.2, -0.15) is 5.10 Å². The Balaban J connectivity index is 1.96. The van der Waals surface area contributed by atoms with Crippen LogP contribution in [-0.2, 0) is 13.6 Å². The number of carboxylic acids is 1. The van der Waals surface area contributed by atoms with Crippen LogP contribution in [0.4, 0.5) is 0 Å². The van der Waals surface area contributed by atoms with Crippen LogP contribution < -0.4 is 5.32 Å². The lowest BCUT2D eigenvalue weighted by Crippen LogP contribution is -2.36. The van der Waals surface area contributed by atoms with Gasteiger partial charge in [0.1, 0.15) is 5.56 Å². The highest BCUT2D eigenvalue weighted by Gasteiger charge is 2.25. The molecule has 0 amide bonds. The fourth-order valence-electron chi connectivity index (χ4n) is 2.83. The van der Waals surface area contributed by atoms with Gasteiger partial charge in [0.15, 0.2) is 0 Å². The lowest BCUT2D eigenvalue weighted by molar-refractivity contribution is 0.0695. The Morgan fingerprint density at radius 3 is 2.84 bits per heavy atom. The van der Waals surface area contributed by atoms with Gasteiger partial charge < -0.3 is 10.4 Å². The van der Waals surface area contributed by atoms with Crippen LogP contribution in [0.5, 0.6) is 0 Å². The number of carbonyl (C=O) groups is 1. The number of aryl methyl sites for hydroxylation is 1. The zero-order chi connectivity index (χ0) is 14.0. The van der Waals surface area contributed by atoms with Crippen molar-refractivity contribution in [3.63, 3.8) is 0 Å². The van der Waals surface area contributed by atoms with E-state index in [1.807, 2.05) is 0 Å². The van der Waals surface area contributed by atoms with Crippen molar-refractivity contribution >= 4 is 5.97 Å². The number of hydrogen-bond acceptors (Lipinski definition) is 3. The van der Waals surface area contributed by atoms with Crippen LogP contribution in [0.25, 0.3) is 0 Å². The second-order valence-corrected chi connectivity index (χ2v) is 5.78. The molecule has 106 valence electrons. The highest BCUT2D eigenvalue weighted by molar-refractivity contribution is 5.88. The van der Waals surface area contributed by atoms with E-state index in [1.54, 1.807) is 11.7 Å². The normalized spacial score (nSPS) is 27.4. The Morgan fingerprint density at radius 1 is 1.47 bits per heavy atom. The Bertz CT molecular complexity index is 456. The van der Waals surface area contributed by atoms with Gasteiger partial charge in [-0.05, 0) is 31.1 Å². The Morgan fingerprint density at radius 2 is 2.21 bits per heavy atom. The molecule has 5 heteroatoms. The summed E-state index contributed by atoms with van der Waals surface area (Å²) in [5.41, 5.74) is 1.05. The van der Waals surface area contributed by atoms with Crippen molar-refractivity contribution in [1.29, 1.82) is 0 Å². The molecule has 0 aromatic carbocycles. The lowest BCUT2D eigenvalue weighted by Gasteiger charge is -2.32. The average Bonchev–Trinajstić information content (AvgIpc) is 2.72. The van der Waals surface area contributed by atoms with Gasteiger partial charge in [0.05, 0.1) is 11.9 Å². The number of aromatic carboxylic acids is 1. The minimum Gasteiger partial charge on any atom is -0.478 e. The molecule has 19 heavy (non-hydrogen) atoms. The molecule has 2 N–H and O–H groups in total. The number of nitrogens with one attached hydrogen (secondary N) is 1. The third kappa shape index (κ3) is 3.15. The predicted octanol–water partition coefficient (Wildman–Crippen LogP) is 2.03. The molecule has 1 aliphatic carbocycles. The first-order chi connectivity index (χ1) is 8.99. The van der Waals surface area contributed by atoms with Crippen LogP contribution in [0, 0.1) is 11.8 Å². The van der Waals surface area contributed by atoms with Gasteiger partial charge in [-0.1, -0.05) is 13.8 Å². The van der Waals surface area contributed by atoms with Crippen LogP contribution in [-0.4, -0.2) is 26.9 Å². The molecular weight excluding hydrogens is 242 g/mol. The Hall–Kier alpha value is -1.36. The van der Waals surface area contributed by atoms with E-state index in [9.17, 15) is 4.79 Å². The largest absolute Gasteiger partial charge is 0.478 e. The average molecular weight is 265 g/mol. The third-order valence-corrected chi connectivity index (χ3v) is 4.45. The number of nitrogens with zero attached hydrogens (tertiary/aromatic N) is 2. The SMILES string of the molecule is CC1CCC(NCc2c(C(=O)O)cnn2C)CC1C. The van der Waals surface area contributed by atoms with Gasteiger partial charge in [-0.15, -0.1) is 0 Å². The summed E-state index contributed by atoms with van der Waals surface area (Å²) >= 11 is 0. The van der Waals surface area contributed by atoms with Crippen LogP contribution in [0.2, 0.25) is 0 Å². The van der Waals surface area contributed by atoms with Crippen LogP contribution >= 0.6 is 0 Å². The molecule has 0 bridgehead atoms. The highest BCUT2D eigenvalue weighted by atomic mass is 16.4. The standard InChI is InChI=1S/C14H23N3O2/c1-9-4-5-11(6-10(9)2)15-8-13-12(14(18)19)7-16-17(13)3/h7,9-11,15H,4-6,8H2,1-3H3,(H,18,19). The highest BCUT2D eigenvalue weighted by Crippen LogP contribution is 2.29. The van der Waals surface area contributed by atoms with E-state index < -0.39 is 5.97 Å². The van der Waals surface area contributed by atoms with E-state index in [4.69, 9.17) is 5.11 Å². The predicted molar refractivity (Wildman–Crippen MR) is 73.0 cm³/mol.